The standard InChI is InChI=1S/C27H22FN3O2S2/c1-18(26(33)31-27-30-24(17-34-27)20-11-13-21(28)14-12-20)35-23-9-5-8-22(16-23)29-25(32)15-10-19-6-3-2-4-7-19/h2-18H,1H3,(H,29,32)(H,30,31,33)/b15-10+. The fraction of sp³-hybridized carbons (Fsp3) is 0.0741. The molecule has 0 radical (unpaired) electrons. The Hall–Kier alpha value is -3.75. The maximum atomic E-state index is 13.1. The summed E-state index contributed by atoms with van der Waals surface area (Å²) in [7, 11) is 0. The summed E-state index contributed by atoms with van der Waals surface area (Å²) in [6, 6.07) is 23.0. The molecular formula is C27H22FN3O2S2. The lowest BCUT2D eigenvalue weighted by molar-refractivity contribution is -0.115. The maximum Gasteiger partial charge on any atom is 0.248 e. The molecule has 2 amide bonds. The number of carbonyl (C=O) groups is 2. The summed E-state index contributed by atoms with van der Waals surface area (Å²) < 4.78 is 13.1. The highest BCUT2D eigenvalue weighted by molar-refractivity contribution is 8.00. The first-order chi connectivity index (χ1) is 17.0. The number of thiazole rings is 1. The summed E-state index contributed by atoms with van der Waals surface area (Å²) in [4.78, 5) is 30.2. The molecule has 0 aliphatic rings. The van der Waals surface area contributed by atoms with Crippen molar-refractivity contribution in [2.75, 3.05) is 10.6 Å². The van der Waals surface area contributed by atoms with Crippen molar-refractivity contribution in [2.45, 2.75) is 17.1 Å². The minimum atomic E-state index is -0.392. The van der Waals surface area contributed by atoms with Gasteiger partial charge in [-0.2, -0.15) is 0 Å². The van der Waals surface area contributed by atoms with Crippen LogP contribution in [0.4, 0.5) is 15.2 Å². The Balaban J connectivity index is 1.32. The second-order valence-corrected chi connectivity index (χ2v) is 9.83. The lowest BCUT2D eigenvalue weighted by atomic mass is 10.2. The molecule has 35 heavy (non-hydrogen) atoms. The van der Waals surface area contributed by atoms with Crippen LogP contribution in [0.1, 0.15) is 12.5 Å². The zero-order valence-electron chi connectivity index (χ0n) is 18.8. The Bertz CT molecular complexity index is 1340. The van der Waals surface area contributed by atoms with Crippen LogP contribution in [-0.2, 0) is 9.59 Å². The van der Waals surface area contributed by atoms with Crippen molar-refractivity contribution in [3.8, 4) is 11.3 Å². The Labute approximate surface area is 211 Å². The Morgan fingerprint density at radius 1 is 1.00 bits per heavy atom. The van der Waals surface area contributed by atoms with E-state index in [0.717, 1.165) is 16.0 Å². The van der Waals surface area contributed by atoms with Crippen LogP contribution in [0.15, 0.2) is 95.2 Å². The zero-order chi connectivity index (χ0) is 24.6. The fourth-order valence-corrected chi connectivity index (χ4v) is 4.77. The number of aromatic nitrogens is 1. The van der Waals surface area contributed by atoms with Gasteiger partial charge in [0.2, 0.25) is 11.8 Å². The smallest absolute Gasteiger partial charge is 0.248 e. The first-order valence-corrected chi connectivity index (χ1v) is 12.6. The van der Waals surface area contributed by atoms with Crippen molar-refractivity contribution in [1.82, 2.24) is 4.98 Å². The van der Waals surface area contributed by atoms with E-state index < -0.39 is 5.25 Å². The number of rotatable bonds is 8. The first kappa shape index (κ1) is 24.4. The van der Waals surface area contributed by atoms with E-state index in [0.29, 0.717) is 16.5 Å². The van der Waals surface area contributed by atoms with Crippen molar-refractivity contribution in [1.29, 1.82) is 0 Å². The van der Waals surface area contributed by atoms with Crippen LogP contribution < -0.4 is 10.6 Å². The lowest BCUT2D eigenvalue weighted by Gasteiger charge is -2.11. The molecular weight excluding hydrogens is 481 g/mol. The highest BCUT2D eigenvalue weighted by Crippen LogP contribution is 2.28. The number of anilines is 2. The number of thioether (sulfide) groups is 1. The summed E-state index contributed by atoms with van der Waals surface area (Å²) in [6.07, 6.45) is 3.24. The van der Waals surface area contributed by atoms with Crippen molar-refractivity contribution in [3.63, 3.8) is 0 Å². The van der Waals surface area contributed by atoms with Crippen LogP contribution in [-0.4, -0.2) is 22.0 Å². The highest BCUT2D eigenvalue weighted by atomic mass is 32.2. The number of nitrogens with one attached hydrogen (secondary N) is 2. The quantitative estimate of drug-likeness (QED) is 0.207. The first-order valence-electron chi connectivity index (χ1n) is 10.8. The number of carbonyl (C=O) groups excluding carboxylic acids is 2. The minimum Gasteiger partial charge on any atom is -0.322 e. The van der Waals surface area contributed by atoms with Gasteiger partial charge < -0.3 is 10.6 Å². The van der Waals surface area contributed by atoms with E-state index in [1.807, 2.05) is 60.8 Å². The number of halogens is 1. The summed E-state index contributed by atoms with van der Waals surface area (Å²) >= 11 is 2.69. The average Bonchev–Trinajstić information content (AvgIpc) is 3.32. The van der Waals surface area contributed by atoms with Gasteiger partial charge in [-0.1, -0.05) is 36.4 Å². The Morgan fingerprint density at radius 2 is 1.77 bits per heavy atom. The third-order valence-electron chi connectivity index (χ3n) is 4.88. The van der Waals surface area contributed by atoms with E-state index in [-0.39, 0.29) is 17.6 Å². The minimum absolute atomic E-state index is 0.185. The molecule has 4 rings (SSSR count). The predicted molar refractivity (Wildman–Crippen MR) is 142 cm³/mol. The average molecular weight is 504 g/mol. The SMILES string of the molecule is CC(Sc1cccc(NC(=O)/C=C/c2ccccc2)c1)C(=O)Nc1nc(-c2ccc(F)cc2)cs1. The van der Waals surface area contributed by atoms with Gasteiger partial charge in [-0.05, 0) is 61.0 Å². The summed E-state index contributed by atoms with van der Waals surface area (Å²) in [5, 5.41) is 7.59. The largest absolute Gasteiger partial charge is 0.322 e. The van der Waals surface area contributed by atoms with Crippen LogP contribution in [0.3, 0.4) is 0 Å². The second kappa shape index (κ2) is 11.6. The van der Waals surface area contributed by atoms with Crippen LogP contribution in [0.25, 0.3) is 17.3 Å². The van der Waals surface area contributed by atoms with Gasteiger partial charge in [-0.25, -0.2) is 9.37 Å². The van der Waals surface area contributed by atoms with Gasteiger partial charge in [0, 0.05) is 27.6 Å². The van der Waals surface area contributed by atoms with Crippen molar-refractivity contribution >= 4 is 51.8 Å². The third kappa shape index (κ3) is 7.11. The molecule has 1 unspecified atom stereocenters. The van der Waals surface area contributed by atoms with E-state index >= 15 is 0 Å². The topological polar surface area (TPSA) is 71.1 Å². The third-order valence-corrected chi connectivity index (χ3v) is 6.74. The molecule has 0 saturated carbocycles. The molecule has 4 aromatic rings. The van der Waals surface area contributed by atoms with Gasteiger partial charge in [-0.3, -0.25) is 9.59 Å². The number of hydrogen-bond acceptors (Lipinski definition) is 5. The molecule has 1 heterocycles. The van der Waals surface area contributed by atoms with E-state index in [1.54, 1.807) is 24.3 Å². The Morgan fingerprint density at radius 3 is 2.54 bits per heavy atom. The van der Waals surface area contributed by atoms with E-state index in [9.17, 15) is 14.0 Å². The van der Waals surface area contributed by atoms with Gasteiger partial charge in [-0.15, -0.1) is 23.1 Å². The van der Waals surface area contributed by atoms with Gasteiger partial charge in [0.15, 0.2) is 5.13 Å². The van der Waals surface area contributed by atoms with Gasteiger partial charge in [0.25, 0.3) is 0 Å². The predicted octanol–water partition coefficient (Wildman–Crippen LogP) is 6.72. The van der Waals surface area contributed by atoms with Crippen molar-refractivity contribution in [2.24, 2.45) is 0 Å². The second-order valence-electron chi connectivity index (χ2n) is 7.56. The molecule has 0 aliphatic carbocycles. The van der Waals surface area contributed by atoms with Gasteiger partial charge in [0.1, 0.15) is 5.82 Å². The van der Waals surface area contributed by atoms with Gasteiger partial charge in [0.05, 0.1) is 10.9 Å². The summed E-state index contributed by atoms with van der Waals surface area (Å²) in [5.41, 5.74) is 3.05. The zero-order valence-corrected chi connectivity index (χ0v) is 20.4. The molecule has 5 nitrogen and oxygen atoms in total. The molecule has 0 spiro atoms. The number of benzene rings is 3. The molecule has 0 aliphatic heterocycles. The van der Waals surface area contributed by atoms with Crippen molar-refractivity contribution in [3.05, 3.63) is 102 Å². The highest BCUT2D eigenvalue weighted by Gasteiger charge is 2.17. The van der Waals surface area contributed by atoms with E-state index in [4.69, 9.17) is 0 Å². The summed E-state index contributed by atoms with van der Waals surface area (Å²) in [5.74, 6) is -0.728. The molecule has 176 valence electrons. The van der Waals surface area contributed by atoms with Crippen LogP contribution in [0, 0.1) is 5.82 Å². The van der Waals surface area contributed by atoms with Crippen LogP contribution >= 0.6 is 23.1 Å². The summed E-state index contributed by atoms with van der Waals surface area (Å²) in [6.45, 7) is 1.81. The lowest BCUT2D eigenvalue weighted by Crippen LogP contribution is -2.22. The fourth-order valence-electron chi connectivity index (χ4n) is 3.12. The number of amides is 2. The van der Waals surface area contributed by atoms with Crippen LogP contribution in [0.2, 0.25) is 0 Å². The normalized spacial score (nSPS) is 11.8. The van der Waals surface area contributed by atoms with Gasteiger partial charge >= 0.3 is 0 Å². The number of hydrogen-bond donors (Lipinski definition) is 2. The Kier molecular flexibility index (Phi) is 8.07. The molecule has 1 aromatic heterocycles. The van der Waals surface area contributed by atoms with E-state index in [2.05, 4.69) is 15.6 Å². The maximum absolute atomic E-state index is 13.1. The van der Waals surface area contributed by atoms with Crippen LogP contribution in [0.5, 0.6) is 0 Å². The molecule has 0 saturated heterocycles. The van der Waals surface area contributed by atoms with Crippen molar-refractivity contribution < 1.29 is 14.0 Å². The molecule has 3 aromatic carbocycles. The molecule has 2 N–H and O–H groups in total. The monoisotopic (exact) mass is 503 g/mol. The molecule has 1 atom stereocenters. The molecule has 8 heteroatoms. The molecule has 0 bridgehead atoms. The number of nitrogens with zero attached hydrogens (tertiary/aromatic N) is 1. The van der Waals surface area contributed by atoms with E-state index in [1.165, 1.54) is 41.3 Å². The molecule has 0 fully saturated rings.